The van der Waals surface area contributed by atoms with Crippen molar-refractivity contribution in [2.45, 2.75) is 30.8 Å². The minimum absolute atomic E-state index is 0.0745. The van der Waals surface area contributed by atoms with Crippen LogP contribution in [0.15, 0.2) is 58.5 Å². The van der Waals surface area contributed by atoms with Crippen molar-refractivity contribution in [2.75, 3.05) is 0 Å². The number of hydrogen-bond donors (Lipinski definition) is 0. The lowest BCUT2D eigenvalue weighted by atomic mass is 10.1. The number of rotatable bonds is 6. The molecule has 0 amide bonds. The summed E-state index contributed by atoms with van der Waals surface area (Å²) in [4.78, 5) is 4.04. The Kier molecular flexibility index (Phi) is 5.64. The molecule has 0 saturated heterocycles. The summed E-state index contributed by atoms with van der Waals surface area (Å²) in [5.74, 6) is 0.707. The lowest BCUT2D eigenvalue weighted by Gasteiger charge is -2.10. The Morgan fingerprint density at radius 3 is 2.72 bits per heavy atom. The first kappa shape index (κ1) is 19.6. The van der Waals surface area contributed by atoms with Gasteiger partial charge in [-0.1, -0.05) is 28.5 Å². The highest BCUT2D eigenvalue weighted by Crippen LogP contribution is 2.37. The molecule has 0 spiro atoms. The molecule has 0 N–H and O–H groups in total. The molecule has 4 rings (SSSR count). The highest BCUT2D eigenvalue weighted by Gasteiger charge is 2.20. The molecule has 4 aromatic rings. The first-order valence-corrected chi connectivity index (χ1v) is 10.2. The number of pyridine rings is 1. The fourth-order valence-corrected chi connectivity index (χ4v) is 4.04. The van der Waals surface area contributed by atoms with Crippen molar-refractivity contribution in [3.8, 4) is 22.7 Å². The van der Waals surface area contributed by atoms with Gasteiger partial charge in [-0.3, -0.25) is 4.98 Å². The zero-order valence-corrected chi connectivity index (χ0v) is 17.3. The average molecular weight is 430 g/mol. The molecule has 1 atom stereocenters. The van der Waals surface area contributed by atoms with Gasteiger partial charge in [-0.2, -0.15) is 0 Å². The second-order valence-corrected chi connectivity index (χ2v) is 8.03. The standard InChI is InChI=1S/C20H17ClFN5OS/c1-3-27-19(13-6-8-23-9-7-13)24-25-20(27)29-12(2)17-11-18(28-26-17)15-10-14(21)4-5-16(15)22/h4-12H,3H2,1-2H3. The maximum absolute atomic E-state index is 14.1. The molecule has 0 saturated carbocycles. The summed E-state index contributed by atoms with van der Waals surface area (Å²) < 4.78 is 21.5. The van der Waals surface area contributed by atoms with Gasteiger partial charge >= 0.3 is 0 Å². The van der Waals surface area contributed by atoms with Crippen LogP contribution in [0.3, 0.4) is 0 Å². The number of hydrogen-bond acceptors (Lipinski definition) is 6. The second kappa shape index (κ2) is 8.34. The van der Waals surface area contributed by atoms with Crippen molar-refractivity contribution in [2.24, 2.45) is 0 Å². The van der Waals surface area contributed by atoms with Gasteiger partial charge in [-0.05, 0) is 44.2 Å². The molecule has 3 heterocycles. The molecule has 0 aliphatic carbocycles. The molecule has 3 aromatic heterocycles. The molecule has 9 heteroatoms. The minimum Gasteiger partial charge on any atom is -0.356 e. The van der Waals surface area contributed by atoms with E-state index in [2.05, 4.69) is 20.3 Å². The first-order chi connectivity index (χ1) is 14.1. The highest BCUT2D eigenvalue weighted by atomic mass is 35.5. The van der Waals surface area contributed by atoms with Crippen LogP contribution < -0.4 is 0 Å². The number of aromatic nitrogens is 5. The maximum Gasteiger partial charge on any atom is 0.192 e. The van der Waals surface area contributed by atoms with Crippen LogP contribution in [0.25, 0.3) is 22.7 Å². The SMILES string of the molecule is CCn1c(SC(C)c2cc(-c3cc(Cl)ccc3F)on2)nnc1-c1ccncc1. The number of nitrogens with zero attached hydrogens (tertiary/aromatic N) is 5. The average Bonchev–Trinajstić information content (AvgIpc) is 3.37. The Labute approximate surface area is 176 Å². The molecule has 0 aliphatic heterocycles. The Bertz CT molecular complexity index is 1130. The highest BCUT2D eigenvalue weighted by molar-refractivity contribution is 7.99. The normalized spacial score (nSPS) is 12.3. The summed E-state index contributed by atoms with van der Waals surface area (Å²) in [6.45, 7) is 4.75. The fourth-order valence-electron chi connectivity index (χ4n) is 2.89. The van der Waals surface area contributed by atoms with E-state index < -0.39 is 5.82 Å². The van der Waals surface area contributed by atoms with Gasteiger partial charge in [-0.25, -0.2) is 4.39 Å². The van der Waals surface area contributed by atoms with Gasteiger partial charge in [-0.15, -0.1) is 10.2 Å². The number of benzene rings is 1. The summed E-state index contributed by atoms with van der Waals surface area (Å²) in [5.41, 5.74) is 1.92. The van der Waals surface area contributed by atoms with Crippen LogP contribution >= 0.6 is 23.4 Å². The molecule has 0 fully saturated rings. The number of halogens is 2. The Balaban J connectivity index is 1.58. The maximum atomic E-state index is 14.1. The quantitative estimate of drug-likeness (QED) is 0.368. The largest absolute Gasteiger partial charge is 0.356 e. The van der Waals surface area contributed by atoms with E-state index in [1.165, 1.54) is 30.0 Å². The zero-order valence-electron chi connectivity index (χ0n) is 15.7. The molecule has 1 aromatic carbocycles. The smallest absolute Gasteiger partial charge is 0.192 e. The molecule has 6 nitrogen and oxygen atoms in total. The lowest BCUT2D eigenvalue weighted by Crippen LogP contribution is -2.01. The van der Waals surface area contributed by atoms with Crippen molar-refractivity contribution >= 4 is 23.4 Å². The lowest BCUT2D eigenvalue weighted by molar-refractivity contribution is 0.421. The van der Waals surface area contributed by atoms with Crippen molar-refractivity contribution in [3.05, 3.63) is 65.3 Å². The van der Waals surface area contributed by atoms with Crippen LogP contribution in [0.5, 0.6) is 0 Å². The van der Waals surface area contributed by atoms with E-state index in [0.29, 0.717) is 16.5 Å². The van der Waals surface area contributed by atoms with E-state index in [-0.39, 0.29) is 10.8 Å². The van der Waals surface area contributed by atoms with Crippen LogP contribution in [0.1, 0.15) is 24.8 Å². The zero-order chi connectivity index (χ0) is 20.4. The van der Waals surface area contributed by atoms with Crippen LogP contribution in [-0.4, -0.2) is 24.9 Å². The predicted molar refractivity (Wildman–Crippen MR) is 110 cm³/mol. The minimum atomic E-state index is -0.412. The Hall–Kier alpha value is -2.71. The first-order valence-electron chi connectivity index (χ1n) is 8.99. The van der Waals surface area contributed by atoms with Gasteiger partial charge in [0.15, 0.2) is 16.7 Å². The van der Waals surface area contributed by atoms with Crippen molar-refractivity contribution in [1.82, 2.24) is 24.9 Å². The molecule has 1 unspecified atom stereocenters. The summed E-state index contributed by atoms with van der Waals surface area (Å²) in [6.07, 6.45) is 3.46. The van der Waals surface area contributed by atoms with E-state index in [1.807, 2.05) is 30.5 Å². The molecule has 29 heavy (non-hydrogen) atoms. The predicted octanol–water partition coefficient (Wildman–Crippen LogP) is 5.66. The molecular formula is C20H17ClFN5OS. The Morgan fingerprint density at radius 2 is 1.97 bits per heavy atom. The molecule has 0 aliphatic rings. The van der Waals surface area contributed by atoms with Crippen molar-refractivity contribution in [3.63, 3.8) is 0 Å². The third-order valence-corrected chi connectivity index (χ3v) is 5.74. The van der Waals surface area contributed by atoms with Crippen LogP contribution in [0.2, 0.25) is 5.02 Å². The fraction of sp³-hybridized carbons (Fsp3) is 0.200. The number of thioether (sulfide) groups is 1. The molecule has 148 valence electrons. The van der Waals surface area contributed by atoms with Crippen LogP contribution in [-0.2, 0) is 6.54 Å². The summed E-state index contributed by atoms with van der Waals surface area (Å²) >= 11 is 7.49. The van der Waals surface area contributed by atoms with E-state index in [1.54, 1.807) is 18.5 Å². The summed E-state index contributed by atoms with van der Waals surface area (Å²) in [7, 11) is 0. The topological polar surface area (TPSA) is 69.6 Å². The molecule has 0 radical (unpaired) electrons. The van der Waals surface area contributed by atoms with E-state index in [9.17, 15) is 4.39 Å². The van der Waals surface area contributed by atoms with Gasteiger partial charge in [0, 0.05) is 35.6 Å². The molecule has 0 bridgehead atoms. The summed E-state index contributed by atoms with van der Waals surface area (Å²) in [5, 5.41) is 13.9. The van der Waals surface area contributed by atoms with Crippen molar-refractivity contribution < 1.29 is 8.91 Å². The Morgan fingerprint density at radius 1 is 1.17 bits per heavy atom. The third-order valence-electron chi connectivity index (χ3n) is 4.39. The van der Waals surface area contributed by atoms with Gasteiger partial charge in [0.25, 0.3) is 0 Å². The van der Waals surface area contributed by atoms with E-state index >= 15 is 0 Å². The van der Waals surface area contributed by atoms with Crippen molar-refractivity contribution in [1.29, 1.82) is 0 Å². The van der Waals surface area contributed by atoms with Gasteiger partial charge < -0.3 is 9.09 Å². The van der Waals surface area contributed by atoms with Gasteiger partial charge in [0.1, 0.15) is 5.82 Å². The van der Waals surface area contributed by atoms with Gasteiger partial charge in [0.2, 0.25) is 0 Å². The monoisotopic (exact) mass is 429 g/mol. The summed E-state index contributed by atoms with van der Waals surface area (Å²) in [6, 6.07) is 9.85. The molecular weight excluding hydrogens is 413 g/mol. The van der Waals surface area contributed by atoms with Crippen LogP contribution in [0, 0.1) is 5.82 Å². The van der Waals surface area contributed by atoms with Gasteiger partial charge in [0.05, 0.1) is 16.5 Å². The van der Waals surface area contributed by atoms with Crippen LogP contribution in [0.4, 0.5) is 4.39 Å². The second-order valence-electron chi connectivity index (χ2n) is 6.29. The van der Waals surface area contributed by atoms with E-state index in [0.717, 1.165) is 23.1 Å². The third kappa shape index (κ3) is 4.04. The van der Waals surface area contributed by atoms with E-state index in [4.69, 9.17) is 16.1 Å².